The van der Waals surface area contributed by atoms with Crippen molar-refractivity contribution in [2.45, 2.75) is 59.5 Å². The number of benzene rings is 1. The SMILES string of the molecule is CCC(N)(CC)CNC(=O)c1ccc(CNC(=O)C(C)(C)C)cc1. The lowest BCUT2D eigenvalue weighted by Gasteiger charge is -2.26. The molecule has 24 heavy (non-hydrogen) atoms. The molecule has 0 saturated carbocycles. The van der Waals surface area contributed by atoms with Gasteiger partial charge in [0.05, 0.1) is 0 Å². The molecular formula is C19H31N3O2. The van der Waals surface area contributed by atoms with E-state index in [0.717, 1.165) is 18.4 Å². The Balaban J connectivity index is 2.58. The molecule has 0 radical (unpaired) electrons. The van der Waals surface area contributed by atoms with Gasteiger partial charge in [-0.25, -0.2) is 0 Å². The van der Waals surface area contributed by atoms with Crippen molar-refractivity contribution < 1.29 is 9.59 Å². The zero-order valence-electron chi connectivity index (χ0n) is 15.5. The largest absolute Gasteiger partial charge is 0.352 e. The molecule has 0 aliphatic heterocycles. The second-order valence-electron chi connectivity index (χ2n) is 7.38. The molecule has 0 saturated heterocycles. The van der Waals surface area contributed by atoms with Gasteiger partial charge in [0.15, 0.2) is 0 Å². The highest BCUT2D eigenvalue weighted by Gasteiger charge is 2.22. The smallest absolute Gasteiger partial charge is 0.251 e. The summed E-state index contributed by atoms with van der Waals surface area (Å²) < 4.78 is 0. The van der Waals surface area contributed by atoms with Crippen molar-refractivity contribution in [2.75, 3.05) is 6.54 Å². The molecule has 0 heterocycles. The van der Waals surface area contributed by atoms with Crippen LogP contribution in [-0.2, 0) is 11.3 Å². The Bertz CT molecular complexity index is 555. The van der Waals surface area contributed by atoms with E-state index in [1.807, 2.05) is 46.8 Å². The number of carbonyl (C=O) groups excluding carboxylic acids is 2. The summed E-state index contributed by atoms with van der Waals surface area (Å²) in [6, 6.07) is 7.24. The van der Waals surface area contributed by atoms with Crippen LogP contribution >= 0.6 is 0 Å². The average molecular weight is 333 g/mol. The second kappa shape index (κ2) is 8.29. The lowest BCUT2D eigenvalue weighted by Crippen LogP contribution is -2.49. The van der Waals surface area contributed by atoms with Crippen LogP contribution in [0.25, 0.3) is 0 Å². The van der Waals surface area contributed by atoms with Crippen molar-refractivity contribution in [1.82, 2.24) is 10.6 Å². The van der Waals surface area contributed by atoms with Crippen LogP contribution in [-0.4, -0.2) is 23.9 Å². The van der Waals surface area contributed by atoms with E-state index in [-0.39, 0.29) is 17.4 Å². The molecule has 0 aromatic heterocycles. The van der Waals surface area contributed by atoms with Crippen molar-refractivity contribution in [3.05, 3.63) is 35.4 Å². The van der Waals surface area contributed by atoms with Crippen LogP contribution in [0.4, 0.5) is 0 Å². The molecule has 1 rings (SSSR count). The standard InChI is InChI=1S/C19H31N3O2/c1-6-19(20,7-2)13-22-16(23)15-10-8-14(9-11-15)12-21-17(24)18(3,4)5/h8-11H,6-7,12-13,20H2,1-5H3,(H,21,24)(H,22,23). The molecule has 1 aromatic carbocycles. The maximum atomic E-state index is 12.2. The summed E-state index contributed by atoms with van der Waals surface area (Å²) in [6.45, 7) is 10.6. The van der Waals surface area contributed by atoms with E-state index in [4.69, 9.17) is 5.73 Å². The summed E-state index contributed by atoms with van der Waals surface area (Å²) in [7, 11) is 0. The number of rotatable bonds is 7. The summed E-state index contributed by atoms with van der Waals surface area (Å²) in [5, 5.41) is 5.79. The molecule has 1 aromatic rings. The molecule has 0 atom stereocenters. The summed E-state index contributed by atoms with van der Waals surface area (Å²) in [4.78, 5) is 24.1. The van der Waals surface area contributed by atoms with E-state index in [2.05, 4.69) is 10.6 Å². The van der Waals surface area contributed by atoms with Gasteiger partial charge < -0.3 is 16.4 Å². The van der Waals surface area contributed by atoms with Gasteiger partial charge in [0.1, 0.15) is 0 Å². The minimum absolute atomic E-state index is 0.00253. The molecular weight excluding hydrogens is 302 g/mol. The van der Waals surface area contributed by atoms with E-state index in [1.54, 1.807) is 12.1 Å². The second-order valence-corrected chi connectivity index (χ2v) is 7.38. The Morgan fingerprint density at radius 2 is 1.54 bits per heavy atom. The minimum atomic E-state index is -0.410. The van der Waals surface area contributed by atoms with Gasteiger partial charge in [0.25, 0.3) is 5.91 Å². The fourth-order valence-electron chi connectivity index (χ4n) is 2.08. The third-order valence-electron chi connectivity index (χ3n) is 4.36. The topological polar surface area (TPSA) is 84.2 Å². The molecule has 0 aliphatic rings. The lowest BCUT2D eigenvalue weighted by molar-refractivity contribution is -0.128. The van der Waals surface area contributed by atoms with Gasteiger partial charge in [-0.1, -0.05) is 46.8 Å². The van der Waals surface area contributed by atoms with Gasteiger partial charge in [0, 0.05) is 29.6 Å². The average Bonchev–Trinajstić information content (AvgIpc) is 2.56. The van der Waals surface area contributed by atoms with Crippen molar-refractivity contribution in [1.29, 1.82) is 0 Å². The Labute approximate surface area is 145 Å². The van der Waals surface area contributed by atoms with Crippen LogP contribution in [0.5, 0.6) is 0 Å². The van der Waals surface area contributed by atoms with Gasteiger partial charge in [0.2, 0.25) is 5.91 Å². The Kier molecular flexibility index (Phi) is 6.96. The van der Waals surface area contributed by atoms with Crippen LogP contribution in [0.3, 0.4) is 0 Å². The maximum absolute atomic E-state index is 12.2. The molecule has 5 nitrogen and oxygen atoms in total. The molecule has 0 aliphatic carbocycles. The lowest BCUT2D eigenvalue weighted by atomic mass is 9.94. The number of hydrogen-bond donors (Lipinski definition) is 3. The Morgan fingerprint density at radius 3 is 2.00 bits per heavy atom. The van der Waals surface area contributed by atoms with Crippen molar-refractivity contribution >= 4 is 11.8 Å². The molecule has 0 bridgehead atoms. The quantitative estimate of drug-likeness (QED) is 0.717. The normalized spacial score (nSPS) is 11.9. The number of hydrogen-bond acceptors (Lipinski definition) is 3. The maximum Gasteiger partial charge on any atom is 0.251 e. The third-order valence-corrected chi connectivity index (χ3v) is 4.36. The predicted octanol–water partition coefficient (Wildman–Crippen LogP) is 2.60. The molecule has 2 amide bonds. The zero-order valence-corrected chi connectivity index (χ0v) is 15.5. The number of nitrogens with two attached hydrogens (primary N) is 1. The zero-order chi connectivity index (χ0) is 18.4. The van der Waals surface area contributed by atoms with Gasteiger partial charge in [-0.05, 0) is 30.5 Å². The van der Waals surface area contributed by atoms with E-state index < -0.39 is 5.41 Å². The van der Waals surface area contributed by atoms with Crippen LogP contribution in [0.15, 0.2) is 24.3 Å². The molecule has 0 fully saturated rings. The summed E-state index contributed by atoms with van der Waals surface area (Å²) in [5.41, 5.74) is 6.98. The summed E-state index contributed by atoms with van der Waals surface area (Å²) >= 11 is 0. The van der Waals surface area contributed by atoms with E-state index in [9.17, 15) is 9.59 Å². The van der Waals surface area contributed by atoms with Crippen molar-refractivity contribution in [2.24, 2.45) is 11.1 Å². The highest BCUT2D eigenvalue weighted by Crippen LogP contribution is 2.13. The number of carbonyl (C=O) groups is 2. The Morgan fingerprint density at radius 1 is 1.00 bits per heavy atom. The molecule has 0 spiro atoms. The van der Waals surface area contributed by atoms with Crippen LogP contribution in [0.1, 0.15) is 63.4 Å². The van der Waals surface area contributed by atoms with Gasteiger partial charge in [-0.2, -0.15) is 0 Å². The fraction of sp³-hybridized carbons (Fsp3) is 0.579. The van der Waals surface area contributed by atoms with Crippen LogP contribution < -0.4 is 16.4 Å². The third kappa shape index (κ3) is 5.96. The van der Waals surface area contributed by atoms with Gasteiger partial charge in [-0.15, -0.1) is 0 Å². The fourth-order valence-corrected chi connectivity index (χ4v) is 2.08. The monoisotopic (exact) mass is 333 g/mol. The van der Waals surface area contributed by atoms with Gasteiger partial charge >= 0.3 is 0 Å². The number of amides is 2. The van der Waals surface area contributed by atoms with E-state index >= 15 is 0 Å². The van der Waals surface area contributed by atoms with Crippen molar-refractivity contribution in [3.8, 4) is 0 Å². The van der Waals surface area contributed by atoms with Crippen molar-refractivity contribution in [3.63, 3.8) is 0 Å². The first-order valence-electron chi connectivity index (χ1n) is 8.55. The molecule has 134 valence electrons. The van der Waals surface area contributed by atoms with E-state index in [1.165, 1.54) is 0 Å². The highest BCUT2D eigenvalue weighted by molar-refractivity contribution is 5.94. The molecule has 0 unspecified atom stereocenters. The summed E-state index contributed by atoms with van der Waals surface area (Å²) in [6.07, 6.45) is 1.63. The van der Waals surface area contributed by atoms with Crippen LogP contribution in [0, 0.1) is 5.41 Å². The highest BCUT2D eigenvalue weighted by atomic mass is 16.2. The van der Waals surface area contributed by atoms with Crippen LogP contribution in [0.2, 0.25) is 0 Å². The van der Waals surface area contributed by atoms with E-state index in [0.29, 0.717) is 18.7 Å². The molecule has 4 N–H and O–H groups in total. The first-order valence-corrected chi connectivity index (χ1v) is 8.55. The predicted molar refractivity (Wildman–Crippen MR) is 97.6 cm³/mol. The number of nitrogens with one attached hydrogen (secondary N) is 2. The first-order chi connectivity index (χ1) is 11.1. The minimum Gasteiger partial charge on any atom is -0.352 e. The van der Waals surface area contributed by atoms with Gasteiger partial charge in [-0.3, -0.25) is 9.59 Å². The Hall–Kier alpha value is -1.88. The molecule has 5 heteroatoms. The summed E-state index contributed by atoms with van der Waals surface area (Å²) in [5.74, 6) is -0.125. The first kappa shape index (κ1) is 20.2.